The second-order valence-corrected chi connectivity index (χ2v) is 9.24. The number of halogens is 2. The molecule has 0 atom stereocenters. The first-order valence-electron chi connectivity index (χ1n) is 5.34. The summed E-state index contributed by atoms with van der Waals surface area (Å²) < 4.78 is 29.0. The molecule has 2 rings (SSSR count). The lowest BCUT2D eigenvalue weighted by Gasteiger charge is -2.10. The minimum absolute atomic E-state index is 0.312. The van der Waals surface area contributed by atoms with Crippen molar-refractivity contribution in [2.75, 3.05) is 4.72 Å². The van der Waals surface area contributed by atoms with Gasteiger partial charge in [-0.25, -0.2) is 8.42 Å². The fourth-order valence-electron chi connectivity index (χ4n) is 1.64. The molecule has 0 saturated carbocycles. The predicted octanol–water partition coefficient (Wildman–Crippen LogP) is 4.69. The number of aryl methyl sites for hydroxylation is 2. The lowest BCUT2D eigenvalue weighted by Crippen LogP contribution is -2.13. The van der Waals surface area contributed by atoms with Gasteiger partial charge in [0, 0.05) is 9.35 Å². The minimum atomic E-state index is -3.54. The van der Waals surface area contributed by atoms with Crippen LogP contribution in [0.2, 0.25) is 0 Å². The lowest BCUT2D eigenvalue weighted by molar-refractivity contribution is 0.601. The fraction of sp³-hybridized carbons (Fsp3) is 0.167. The Bertz CT molecular complexity index is 723. The molecule has 19 heavy (non-hydrogen) atoms. The molecule has 0 spiro atoms. The molecule has 0 aliphatic carbocycles. The number of anilines is 1. The zero-order valence-corrected chi connectivity index (χ0v) is 15.0. The van der Waals surface area contributed by atoms with Gasteiger partial charge >= 0.3 is 0 Å². The summed E-state index contributed by atoms with van der Waals surface area (Å²) in [6.07, 6.45) is 0. The van der Waals surface area contributed by atoms with E-state index in [0.29, 0.717) is 10.6 Å². The molecule has 0 aliphatic rings. The number of rotatable bonds is 3. The first kappa shape index (κ1) is 15.0. The third-order valence-electron chi connectivity index (χ3n) is 2.56. The van der Waals surface area contributed by atoms with Gasteiger partial charge in [0.15, 0.2) is 0 Å². The molecule has 1 aromatic carbocycles. The fourth-order valence-corrected chi connectivity index (χ4v) is 5.66. The van der Waals surface area contributed by atoms with Crippen LogP contribution >= 0.6 is 43.2 Å². The zero-order valence-electron chi connectivity index (χ0n) is 10.2. The van der Waals surface area contributed by atoms with Crippen molar-refractivity contribution in [3.05, 3.63) is 43.0 Å². The minimum Gasteiger partial charge on any atom is -0.279 e. The summed E-state index contributed by atoms with van der Waals surface area (Å²) >= 11 is 8.06. The van der Waals surface area contributed by atoms with Gasteiger partial charge < -0.3 is 0 Å². The lowest BCUT2D eigenvalue weighted by atomic mass is 10.2. The van der Waals surface area contributed by atoms with Gasteiger partial charge in [0.2, 0.25) is 0 Å². The van der Waals surface area contributed by atoms with Crippen molar-refractivity contribution < 1.29 is 8.42 Å². The van der Waals surface area contributed by atoms with Crippen LogP contribution in [-0.2, 0) is 10.0 Å². The van der Waals surface area contributed by atoms with E-state index in [1.165, 1.54) is 11.3 Å². The molecule has 0 bridgehead atoms. The largest absolute Gasteiger partial charge is 0.279 e. The Morgan fingerprint density at radius 1 is 1.16 bits per heavy atom. The highest BCUT2D eigenvalue weighted by atomic mass is 79.9. The van der Waals surface area contributed by atoms with E-state index in [0.717, 1.165) is 18.7 Å². The summed E-state index contributed by atoms with van der Waals surface area (Å²) in [4.78, 5) is 1.07. The number of thiophene rings is 1. The number of nitrogens with one attached hydrogen (secondary N) is 1. The first-order valence-corrected chi connectivity index (χ1v) is 9.23. The molecule has 1 heterocycles. The second kappa shape index (κ2) is 5.55. The number of benzene rings is 1. The average Bonchev–Trinajstić information content (AvgIpc) is 2.63. The molecule has 1 N–H and O–H groups in total. The third-order valence-corrected chi connectivity index (χ3v) is 6.23. The highest BCUT2D eigenvalue weighted by molar-refractivity contribution is 9.11. The summed E-state index contributed by atoms with van der Waals surface area (Å²) in [6.45, 7) is 3.65. The average molecular weight is 425 g/mol. The SMILES string of the molecule is Cc1cc(Br)ccc1NS(=O)(=O)c1cc(Br)sc1C. The summed E-state index contributed by atoms with van der Waals surface area (Å²) in [5, 5.41) is 0. The van der Waals surface area contributed by atoms with Gasteiger partial charge in [0.1, 0.15) is 4.90 Å². The van der Waals surface area contributed by atoms with Crippen molar-refractivity contribution in [2.24, 2.45) is 0 Å². The van der Waals surface area contributed by atoms with E-state index >= 15 is 0 Å². The normalized spacial score (nSPS) is 11.6. The van der Waals surface area contributed by atoms with Crippen molar-refractivity contribution in [1.82, 2.24) is 0 Å². The molecule has 0 fully saturated rings. The van der Waals surface area contributed by atoms with Gasteiger partial charge in [-0.1, -0.05) is 15.9 Å². The molecule has 0 unspecified atom stereocenters. The predicted molar refractivity (Wildman–Crippen MR) is 86.4 cm³/mol. The van der Waals surface area contributed by atoms with Crippen molar-refractivity contribution in [1.29, 1.82) is 0 Å². The highest BCUT2D eigenvalue weighted by Crippen LogP contribution is 2.31. The quantitative estimate of drug-likeness (QED) is 0.776. The summed E-state index contributed by atoms with van der Waals surface area (Å²) in [7, 11) is -3.54. The maximum Gasteiger partial charge on any atom is 0.263 e. The molecule has 2 aromatic rings. The second-order valence-electron chi connectivity index (χ2n) is 4.04. The van der Waals surface area contributed by atoms with Crippen LogP contribution in [-0.4, -0.2) is 8.42 Å². The van der Waals surface area contributed by atoms with Crippen LogP contribution in [0.25, 0.3) is 0 Å². The highest BCUT2D eigenvalue weighted by Gasteiger charge is 2.20. The van der Waals surface area contributed by atoms with Gasteiger partial charge in [-0.3, -0.25) is 4.72 Å². The van der Waals surface area contributed by atoms with Gasteiger partial charge in [-0.2, -0.15) is 0 Å². The molecule has 7 heteroatoms. The third kappa shape index (κ3) is 3.39. The monoisotopic (exact) mass is 423 g/mol. The van der Waals surface area contributed by atoms with Crippen LogP contribution < -0.4 is 4.72 Å². The molecule has 1 aromatic heterocycles. The van der Waals surface area contributed by atoms with E-state index in [1.54, 1.807) is 25.1 Å². The molecular formula is C12H11Br2NO2S2. The van der Waals surface area contributed by atoms with Gasteiger partial charge in [-0.05, 0) is 59.6 Å². The Labute approximate surface area is 133 Å². The molecule has 0 saturated heterocycles. The number of sulfonamides is 1. The van der Waals surface area contributed by atoms with Crippen LogP contribution in [0.1, 0.15) is 10.4 Å². The topological polar surface area (TPSA) is 46.2 Å². The van der Waals surface area contributed by atoms with E-state index in [4.69, 9.17) is 0 Å². The summed E-state index contributed by atoms with van der Waals surface area (Å²) in [5.41, 5.74) is 1.45. The van der Waals surface area contributed by atoms with Crippen molar-refractivity contribution in [3.63, 3.8) is 0 Å². The molecular weight excluding hydrogens is 414 g/mol. The van der Waals surface area contributed by atoms with Gasteiger partial charge in [-0.15, -0.1) is 11.3 Å². The van der Waals surface area contributed by atoms with Gasteiger partial charge in [0.05, 0.1) is 9.47 Å². The standard InChI is InChI=1S/C12H11Br2NO2S2/c1-7-5-9(13)3-4-10(7)15-19(16,17)11-6-12(14)18-8(11)2/h3-6,15H,1-2H3. The molecule has 0 amide bonds. The Morgan fingerprint density at radius 2 is 1.84 bits per heavy atom. The van der Waals surface area contributed by atoms with E-state index in [9.17, 15) is 8.42 Å². The van der Waals surface area contributed by atoms with Gasteiger partial charge in [0.25, 0.3) is 10.0 Å². The van der Waals surface area contributed by atoms with E-state index in [-0.39, 0.29) is 0 Å². The maximum atomic E-state index is 12.3. The van der Waals surface area contributed by atoms with Crippen molar-refractivity contribution in [2.45, 2.75) is 18.7 Å². The number of hydrogen-bond acceptors (Lipinski definition) is 3. The first-order chi connectivity index (χ1) is 8.79. The molecule has 102 valence electrons. The molecule has 0 radical (unpaired) electrons. The smallest absolute Gasteiger partial charge is 0.263 e. The van der Waals surface area contributed by atoms with E-state index < -0.39 is 10.0 Å². The summed E-state index contributed by atoms with van der Waals surface area (Å²) in [6, 6.07) is 7.04. The van der Waals surface area contributed by atoms with E-state index in [2.05, 4.69) is 36.6 Å². The van der Waals surface area contributed by atoms with E-state index in [1.807, 2.05) is 13.0 Å². The Kier molecular flexibility index (Phi) is 4.39. The Hall–Kier alpha value is -0.370. The van der Waals surface area contributed by atoms with Crippen LogP contribution in [0.5, 0.6) is 0 Å². The van der Waals surface area contributed by atoms with Crippen LogP contribution in [0, 0.1) is 13.8 Å². The van der Waals surface area contributed by atoms with Crippen LogP contribution in [0.15, 0.2) is 37.4 Å². The van der Waals surface area contributed by atoms with Crippen molar-refractivity contribution >= 4 is 58.9 Å². The maximum absolute atomic E-state index is 12.3. The Morgan fingerprint density at radius 3 is 2.37 bits per heavy atom. The Balaban J connectivity index is 2.39. The molecule has 3 nitrogen and oxygen atoms in total. The van der Waals surface area contributed by atoms with Crippen LogP contribution in [0.3, 0.4) is 0 Å². The zero-order chi connectivity index (χ0) is 14.2. The van der Waals surface area contributed by atoms with Crippen molar-refractivity contribution in [3.8, 4) is 0 Å². The van der Waals surface area contributed by atoms with Crippen LogP contribution in [0.4, 0.5) is 5.69 Å². The number of hydrogen-bond donors (Lipinski definition) is 1. The summed E-state index contributed by atoms with van der Waals surface area (Å²) in [5.74, 6) is 0. The molecule has 0 aliphatic heterocycles.